The van der Waals surface area contributed by atoms with Crippen LogP contribution < -0.4 is 10.7 Å². The largest absolute Gasteiger partial charge is 0.419 e. The molecule has 4 heterocycles. The first kappa shape index (κ1) is 19.5. The Balaban J connectivity index is 1.31. The summed E-state index contributed by atoms with van der Waals surface area (Å²) in [5, 5.41) is 8.55. The Morgan fingerprint density at radius 3 is 2.29 bits per heavy atom. The van der Waals surface area contributed by atoms with Gasteiger partial charge in [-0.1, -0.05) is 0 Å². The fourth-order valence-electron chi connectivity index (χ4n) is 3.69. The highest BCUT2D eigenvalue weighted by molar-refractivity contribution is 7.89. The van der Waals surface area contributed by atoms with Gasteiger partial charge in [0.15, 0.2) is 17.2 Å². The minimum Gasteiger partial charge on any atom is -0.408 e. The molecule has 0 unspecified atom stereocenters. The first-order chi connectivity index (χ1) is 14.9. The van der Waals surface area contributed by atoms with Gasteiger partial charge in [0.05, 0.1) is 10.4 Å². The SMILES string of the molecule is Cn1c(=O)oc2ccc(S(=O)(=O)N3CCN(c4ccc(-n5cccc5)nn4)CC3)cc21. The molecule has 4 aromatic rings. The molecule has 0 N–H and O–H groups in total. The summed E-state index contributed by atoms with van der Waals surface area (Å²) in [6, 6.07) is 12.1. The Morgan fingerprint density at radius 1 is 0.935 bits per heavy atom. The van der Waals surface area contributed by atoms with Gasteiger partial charge in [0.25, 0.3) is 0 Å². The third-order valence-corrected chi connectivity index (χ3v) is 7.36. The maximum Gasteiger partial charge on any atom is 0.419 e. The molecule has 10 nitrogen and oxygen atoms in total. The third-order valence-electron chi connectivity index (χ3n) is 5.47. The number of sulfonamides is 1. The van der Waals surface area contributed by atoms with Crippen LogP contribution in [0.2, 0.25) is 0 Å². The molecule has 0 spiro atoms. The summed E-state index contributed by atoms with van der Waals surface area (Å²) in [6.07, 6.45) is 3.79. The predicted octanol–water partition coefficient (Wildman–Crippen LogP) is 1.22. The number of nitrogens with zero attached hydrogens (tertiary/aromatic N) is 6. The molecular formula is C20H20N6O4S. The van der Waals surface area contributed by atoms with Crippen LogP contribution in [0.4, 0.5) is 5.82 Å². The molecule has 11 heteroatoms. The van der Waals surface area contributed by atoms with Gasteiger partial charge < -0.3 is 13.9 Å². The molecule has 3 aromatic heterocycles. The molecule has 0 amide bonds. The Labute approximate surface area is 178 Å². The normalized spacial score (nSPS) is 15.6. The second kappa shape index (κ2) is 7.36. The van der Waals surface area contributed by atoms with Crippen molar-refractivity contribution in [3.05, 3.63) is 65.4 Å². The summed E-state index contributed by atoms with van der Waals surface area (Å²) in [5.41, 5.74) is 0.806. The second-order valence-electron chi connectivity index (χ2n) is 7.29. The van der Waals surface area contributed by atoms with Crippen molar-refractivity contribution in [1.29, 1.82) is 0 Å². The summed E-state index contributed by atoms with van der Waals surface area (Å²) >= 11 is 0. The quantitative estimate of drug-likeness (QED) is 0.470. The number of aromatic nitrogens is 4. The van der Waals surface area contributed by atoms with E-state index in [0.717, 1.165) is 5.82 Å². The van der Waals surface area contributed by atoms with E-state index in [1.165, 1.54) is 27.1 Å². The lowest BCUT2D eigenvalue weighted by molar-refractivity contribution is 0.383. The molecule has 0 aliphatic carbocycles. The summed E-state index contributed by atoms with van der Waals surface area (Å²) in [6.45, 7) is 1.66. The van der Waals surface area contributed by atoms with Crippen LogP contribution >= 0.6 is 0 Å². The van der Waals surface area contributed by atoms with Crippen LogP contribution in [0.5, 0.6) is 0 Å². The zero-order valence-corrected chi connectivity index (χ0v) is 17.6. The van der Waals surface area contributed by atoms with Crippen LogP contribution in [0.15, 0.2) is 69.0 Å². The zero-order valence-electron chi connectivity index (χ0n) is 16.7. The van der Waals surface area contributed by atoms with Gasteiger partial charge in [-0.15, -0.1) is 10.2 Å². The molecule has 31 heavy (non-hydrogen) atoms. The van der Waals surface area contributed by atoms with Crippen molar-refractivity contribution in [2.45, 2.75) is 4.90 Å². The summed E-state index contributed by atoms with van der Waals surface area (Å²) in [5.74, 6) is 0.906. The van der Waals surface area contributed by atoms with Gasteiger partial charge in [-0.25, -0.2) is 13.2 Å². The van der Waals surface area contributed by atoms with Crippen LogP contribution in [-0.2, 0) is 17.1 Å². The standard InChI is InChI=1S/C20H20N6O4S/c1-23-16-14-15(4-5-17(16)30-20(23)27)31(28,29)26-12-10-25(11-13-26)19-7-6-18(21-22-19)24-8-2-3-9-24/h2-9,14H,10-13H2,1H3. The maximum absolute atomic E-state index is 13.1. The van der Waals surface area contributed by atoms with Crippen molar-refractivity contribution < 1.29 is 12.8 Å². The lowest BCUT2D eigenvalue weighted by Crippen LogP contribution is -2.49. The highest BCUT2D eigenvalue weighted by Crippen LogP contribution is 2.23. The number of rotatable bonds is 4. The molecule has 160 valence electrons. The van der Waals surface area contributed by atoms with Gasteiger partial charge in [0.2, 0.25) is 10.0 Å². The highest BCUT2D eigenvalue weighted by atomic mass is 32.2. The van der Waals surface area contributed by atoms with Crippen molar-refractivity contribution >= 4 is 26.9 Å². The highest BCUT2D eigenvalue weighted by Gasteiger charge is 2.29. The lowest BCUT2D eigenvalue weighted by Gasteiger charge is -2.34. The van der Waals surface area contributed by atoms with Gasteiger partial charge in [0.1, 0.15) is 0 Å². The van der Waals surface area contributed by atoms with Crippen LogP contribution in [0, 0.1) is 0 Å². The molecule has 0 radical (unpaired) electrons. The molecule has 1 aliphatic heterocycles. The average Bonchev–Trinajstić information content (AvgIpc) is 3.43. The van der Waals surface area contributed by atoms with Gasteiger partial charge in [-0.3, -0.25) is 4.57 Å². The molecule has 0 bridgehead atoms. The number of hydrogen-bond donors (Lipinski definition) is 0. The van der Waals surface area contributed by atoms with E-state index in [-0.39, 0.29) is 4.90 Å². The number of fused-ring (bicyclic) bond motifs is 1. The zero-order chi connectivity index (χ0) is 21.6. The van der Waals surface area contributed by atoms with Gasteiger partial charge in [-0.2, -0.15) is 4.31 Å². The topological polar surface area (TPSA) is 106 Å². The summed E-state index contributed by atoms with van der Waals surface area (Å²) < 4.78 is 36.0. The number of anilines is 1. The van der Waals surface area contributed by atoms with E-state index >= 15 is 0 Å². The monoisotopic (exact) mass is 440 g/mol. The fraction of sp³-hybridized carbons (Fsp3) is 0.250. The smallest absolute Gasteiger partial charge is 0.408 e. The minimum absolute atomic E-state index is 0.140. The Hall–Kier alpha value is -3.44. The summed E-state index contributed by atoms with van der Waals surface area (Å²) in [4.78, 5) is 13.8. The Kier molecular flexibility index (Phi) is 4.63. The van der Waals surface area contributed by atoms with Crippen molar-refractivity contribution in [2.75, 3.05) is 31.1 Å². The van der Waals surface area contributed by atoms with Gasteiger partial charge in [-0.05, 0) is 42.5 Å². The van der Waals surface area contributed by atoms with Crippen LogP contribution in [0.25, 0.3) is 16.9 Å². The Morgan fingerprint density at radius 2 is 1.61 bits per heavy atom. The molecule has 5 rings (SSSR count). The number of hydrogen-bond acceptors (Lipinski definition) is 7. The molecule has 1 aliphatic rings. The number of oxazole rings is 1. The predicted molar refractivity (Wildman–Crippen MR) is 114 cm³/mol. The van der Waals surface area contributed by atoms with E-state index in [4.69, 9.17) is 4.42 Å². The molecular weight excluding hydrogens is 420 g/mol. The van der Waals surface area contributed by atoms with E-state index < -0.39 is 15.8 Å². The van der Waals surface area contributed by atoms with E-state index in [2.05, 4.69) is 10.2 Å². The van der Waals surface area contributed by atoms with Gasteiger partial charge in [0, 0.05) is 45.6 Å². The van der Waals surface area contributed by atoms with Crippen molar-refractivity contribution in [3.8, 4) is 5.82 Å². The average molecular weight is 440 g/mol. The third kappa shape index (κ3) is 3.41. The first-order valence-corrected chi connectivity index (χ1v) is 11.2. The number of benzene rings is 1. The van der Waals surface area contributed by atoms with Crippen molar-refractivity contribution in [2.24, 2.45) is 7.05 Å². The second-order valence-corrected chi connectivity index (χ2v) is 9.23. The van der Waals surface area contributed by atoms with Crippen LogP contribution in [-0.4, -0.2) is 58.2 Å². The molecule has 1 aromatic carbocycles. The van der Waals surface area contributed by atoms with E-state index in [1.807, 2.05) is 46.1 Å². The van der Waals surface area contributed by atoms with Crippen molar-refractivity contribution in [3.63, 3.8) is 0 Å². The molecule has 1 saturated heterocycles. The molecule has 0 saturated carbocycles. The summed E-state index contributed by atoms with van der Waals surface area (Å²) in [7, 11) is -2.15. The Bertz CT molecular complexity index is 1380. The van der Waals surface area contributed by atoms with Gasteiger partial charge >= 0.3 is 5.76 Å². The first-order valence-electron chi connectivity index (χ1n) is 9.75. The van der Waals surface area contributed by atoms with E-state index in [1.54, 1.807) is 7.05 Å². The van der Waals surface area contributed by atoms with Crippen LogP contribution in [0.1, 0.15) is 0 Å². The number of aryl methyl sites for hydroxylation is 1. The van der Waals surface area contributed by atoms with Crippen LogP contribution in [0.3, 0.4) is 0 Å². The molecule has 1 fully saturated rings. The number of piperazine rings is 1. The van der Waals surface area contributed by atoms with E-state index in [0.29, 0.717) is 43.1 Å². The fourth-order valence-corrected chi connectivity index (χ4v) is 5.13. The lowest BCUT2D eigenvalue weighted by atomic mass is 10.3. The minimum atomic E-state index is -3.69. The van der Waals surface area contributed by atoms with Crippen molar-refractivity contribution in [1.82, 2.24) is 23.6 Å². The molecule has 0 atom stereocenters. The van der Waals surface area contributed by atoms with E-state index in [9.17, 15) is 13.2 Å². The maximum atomic E-state index is 13.1.